The number of aryl methyl sites for hydroxylation is 1. The molecule has 1 aliphatic rings. The summed E-state index contributed by atoms with van der Waals surface area (Å²) in [5.74, 6) is 1.01. The molecule has 0 spiro atoms. The highest BCUT2D eigenvalue weighted by molar-refractivity contribution is 5.83. The summed E-state index contributed by atoms with van der Waals surface area (Å²) >= 11 is 0. The van der Waals surface area contributed by atoms with E-state index in [4.69, 9.17) is 4.74 Å². The molecule has 1 atom stereocenters. The monoisotopic (exact) mass is 244 g/mol. The quantitative estimate of drug-likeness (QED) is 0.871. The van der Waals surface area contributed by atoms with Crippen molar-refractivity contribution in [3.8, 4) is 5.75 Å². The van der Waals surface area contributed by atoms with Crippen molar-refractivity contribution in [2.24, 2.45) is 0 Å². The van der Waals surface area contributed by atoms with Crippen molar-refractivity contribution in [2.45, 2.75) is 32.2 Å². The smallest absolute Gasteiger partial charge is 0.122 e. The Hall–Kier alpha value is -1.48. The molecule has 2 heterocycles. The molecule has 1 aromatic heterocycles. The van der Waals surface area contributed by atoms with Crippen molar-refractivity contribution in [2.75, 3.05) is 13.7 Å². The van der Waals surface area contributed by atoms with Gasteiger partial charge >= 0.3 is 0 Å². The molecule has 0 radical (unpaired) electrons. The summed E-state index contributed by atoms with van der Waals surface area (Å²) in [6, 6.07) is 7.15. The lowest BCUT2D eigenvalue weighted by Gasteiger charge is -2.13. The summed E-state index contributed by atoms with van der Waals surface area (Å²) in [7, 11) is 1.76. The van der Waals surface area contributed by atoms with Crippen molar-refractivity contribution < 1.29 is 4.74 Å². The second-order valence-electron chi connectivity index (χ2n) is 5.20. The standard InChI is InChI=1S/C15H20N2O/c1-10-6-11-9-15(18-2)12(8-14(11)17-10)7-13-4-3-5-16-13/h6,8-9,13,16-17H,3-5,7H2,1-2H3. The molecule has 0 amide bonds. The molecule has 3 rings (SSSR count). The first-order valence-corrected chi connectivity index (χ1v) is 6.66. The van der Waals surface area contributed by atoms with Gasteiger partial charge in [-0.05, 0) is 56.5 Å². The number of aromatic nitrogens is 1. The van der Waals surface area contributed by atoms with E-state index < -0.39 is 0 Å². The summed E-state index contributed by atoms with van der Waals surface area (Å²) in [4.78, 5) is 3.40. The van der Waals surface area contributed by atoms with Gasteiger partial charge in [0.05, 0.1) is 7.11 Å². The maximum Gasteiger partial charge on any atom is 0.122 e. The predicted molar refractivity (Wildman–Crippen MR) is 74.3 cm³/mol. The molecule has 18 heavy (non-hydrogen) atoms. The number of aromatic amines is 1. The van der Waals surface area contributed by atoms with E-state index in [1.54, 1.807) is 7.11 Å². The van der Waals surface area contributed by atoms with E-state index in [0.717, 1.165) is 18.7 Å². The molecule has 3 heteroatoms. The lowest BCUT2D eigenvalue weighted by molar-refractivity contribution is 0.407. The summed E-state index contributed by atoms with van der Waals surface area (Å²) in [5.41, 5.74) is 3.70. The minimum absolute atomic E-state index is 0.604. The van der Waals surface area contributed by atoms with Gasteiger partial charge in [0, 0.05) is 22.6 Å². The van der Waals surface area contributed by atoms with Crippen molar-refractivity contribution >= 4 is 10.9 Å². The van der Waals surface area contributed by atoms with Crippen LogP contribution >= 0.6 is 0 Å². The minimum Gasteiger partial charge on any atom is -0.496 e. The molecular formula is C15H20N2O. The highest BCUT2D eigenvalue weighted by Gasteiger charge is 2.17. The molecule has 0 saturated carbocycles. The van der Waals surface area contributed by atoms with Gasteiger partial charge in [-0.25, -0.2) is 0 Å². The van der Waals surface area contributed by atoms with Crippen molar-refractivity contribution in [1.29, 1.82) is 0 Å². The maximum absolute atomic E-state index is 5.53. The fourth-order valence-corrected chi connectivity index (χ4v) is 2.90. The Morgan fingerprint density at radius 1 is 1.33 bits per heavy atom. The molecule has 1 fully saturated rings. The second-order valence-corrected chi connectivity index (χ2v) is 5.20. The van der Waals surface area contributed by atoms with Crippen LogP contribution in [-0.4, -0.2) is 24.7 Å². The molecule has 2 aromatic rings. The first-order chi connectivity index (χ1) is 8.76. The van der Waals surface area contributed by atoms with Gasteiger partial charge < -0.3 is 15.0 Å². The topological polar surface area (TPSA) is 37.0 Å². The lowest BCUT2D eigenvalue weighted by atomic mass is 10.0. The van der Waals surface area contributed by atoms with Gasteiger partial charge in [-0.2, -0.15) is 0 Å². The number of ether oxygens (including phenoxy) is 1. The average Bonchev–Trinajstić information content (AvgIpc) is 2.96. The van der Waals surface area contributed by atoms with Crippen LogP contribution < -0.4 is 10.1 Å². The second kappa shape index (κ2) is 4.65. The molecule has 0 aliphatic carbocycles. The van der Waals surface area contributed by atoms with Gasteiger partial charge in [0.15, 0.2) is 0 Å². The number of nitrogens with one attached hydrogen (secondary N) is 2. The van der Waals surface area contributed by atoms with Crippen LogP contribution in [0.4, 0.5) is 0 Å². The van der Waals surface area contributed by atoms with Gasteiger partial charge in [-0.1, -0.05) is 0 Å². The molecule has 1 aliphatic heterocycles. The Morgan fingerprint density at radius 3 is 2.94 bits per heavy atom. The zero-order valence-corrected chi connectivity index (χ0v) is 11.0. The van der Waals surface area contributed by atoms with Crippen molar-refractivity contribution in [1.82, 2.24) is 10.3 Å². The summed E-state index contributed by atoms with van der Waals surface area (Å²) < 4.78 is 5.53. The van der Waals surface area contributed by atoms with Crippen LogP contribution in [0, 0.1) is 6.92 Å². The van der Waals surface area contributed by atoms with Crippen molar-refractivity contribution in [3.05, 3.63) is 29.5 Å². The highest BCUT2D eigenvalue weighted by atomic mass is 16.5. The van der Waals surface area contributed by atoms with E-state index in [9.17, 15) is 0 Å². The Morgan fingerprint density at radius 2 is 2.22 bits per heavy atom. The van der Waals surface area contributed by atoms with Crippen LogP contribution in [0.15, 0.2) is 18.2 Å². The van der Waals surface area contributed by atoms with Crippen molar-refractivity contribution in [3.63, 3.8) is 0 Å². The number of hydrogen-bond acceptors (Lipinski definition) is 2. The molecule has 0 bridgehead atoms. The summed E-state index contributed by atoms with van der Waals surface area (Å²) in [5, 5.41) is 4.77. The van der Waals surface area contributed by atoms with E-state index in [2.05, 4.69) is 35.4 Å². The lowest BCUT2D eigenvalue weighted by Crippen LogP contribution is -2.23. The average molecular weight is 244 g/mol. The van der Waals surface area contributed by atoms with Gasteiger partial charge in [-0.15, -0.1) is 0 Å². The van der Waals surface area contributed by atoms with E-state index in [-0.39, 0.29) is 0 Å². The first kappa shape index (κ1) is 11.6. The zero-order valence-electron chi connectivity index (χ0n) is 11.0. The van der Waals surface area contributed by atoms with Gasteiger partial charge in [0.2, 0.25) is 0 Å². The Kier molecular flexibility index (Phi) is 3.00. The van der Waals surface area contributed by atoms with Crippen LogP contribution in [0.5, 0.6) is 5.75 Å². The van der Waals surface area contributed by atoms with Gasteiger partial charge in [-0.3, -0.25) is 0 Å². The normalized spacial score (nSPS) is 19.6. The molecule has 1 unspecified atom stereocenters. The SMILES string of the molecule is COc1cc2cc(C)[nH]c2cc1CC1CCCN1. The van der Waals surface area contributed by atoms with Crippen LogP contribution in [0.3, 0.4) is 0 Å². The maximum atomic E-state index is 5.53. The Labute approximate surface area is 108 Å². The highest BCUT2D eigenvalue weighted by Crippen LogP contribution is 2.28. The van der Waals surface area contributed by atoms with Crippen LogP contribution in [0.25, 0.3) is 10.9 Å². The van der Waals surface area contributed by atoms with E-state index in [1.165, 1.54) is 35.0 Å². The Bertz CT molecular complexity index is 553. The zero-order chi connectivity index (χ0) is 12.5. The number of H-pyrrole nitrogens is 1. The molecule has 96 valence electrons. The number of rotatable bonds is 3. The fraction of sp³-hybridized carbons (Fsp3) is 0.467. The number of benzene rings is 1. The van der Waals surface area contributed by atoms with Crippen LogP contribution in [0.1, 0.15) is 24.1 Å². The third-order valence-corrected chi connectivity index (χ3v) is 3.79. The number of hydrogen-bond donors (Lipinski definition) is 2. The number of fused-ring (bicyclic) bond motifs is 1. The first-order valence-electron chi connectivity index (χ1n) is 6.66. The Balaban J connectivity index is 1.97. The van der Waals surface area contributed by atoms with Gasteiger partial charge in [0.1, 0.15) is 5.75 Å². The third kappa shape index (κ3) is 2.10. The van der Waals surface area contributed by atoms with Gasteiger partial charge in [0.25, 0.3) is 0 Å². The third-order valence-electron chi connectivity index (χ3n) is 3.79. The fourth-order valence-electron chi connectivity index (χ4n) is 2.90. The summed E-state index contributed by atoms with van der Waals surface area (Å²) in [6.07, 6.45) is 3.61. The van der Waals surface area contributed by atoms with E-state index in [0.29, 0.717) is 6.04 Å². The summed E-state index contributed by atoms with van der Waals surface area (Å²) in [6.45, 7) is 3.24. The van der Waals surface area contributed by atoms with Crippen LogP contribution in [0.2, 0.25) is 0 Å². The predicted octanol–water partition coefficient (Wildman–Crippen LogP) is 2.78. The van der Waals surface area contributed by atoms with E-state index >= 15 is 0 Å². The van der Waals surface area contributed by atoms with Crippen LogP contribution in [-0.2, 0) is 6.42 Å². The largest absolute Gasteiger partial charge is 0.496 e. The number of methoxy groups -OCH3 is 1. The molecule has 1 saturated heterocycles. The molecule has 2 N–H and O–H groups in total. The molecule has 3 nitrogen and oxygen atoms in total. The molecule has 1 aromatic carbocycles. The minimum atomic E-state index is 0.604. The molecular weight excluding hydrogens is 224 g/mol. The van der Waals surface area contributed by atoms with E-state index in [1.807, 2.05) is 0 Å².